The van der Waals surface area contributed by atoms with Gasteiger partial charge in [0.1, 0.15) is 0 Å². The molecule has 4 aromatic carbocycles. The van der Waals surface area contributed by atoms with E-state index in [0.717, 1.165) is 6.42 Å². The third-order valence-corrected chi connectivity index (χ3v) is 4.77. The summed E-state index contributed by atoms with van der Waals surface area (Å²) in [6.07, 6.45) is 2.97. The van der Waals surface area contributed by atoms with Gasteiger partial charge in [0.05, 0.1) is 0 Å². The molecule has 0 aromatic heterocycles. The maximum absolute atomic E-state index is 4.01. The lowest BCUT2D eigenvalue weighted by Gasteiger charge is -2.21. The van der Waals surface area contributed by atoms with Gasteiger partial charge in [-0.3, -0.25) is 0 Å². The largest absolute Gasteiger partial charge is 0.103 e. The quantitative estimate of drug-likeness (QED) is 0.290. The molecule has 0 N–H and O–H groups in total. The number of hydrogen-bond donors (Lipinski definition) is 0. The van der Waals surface area contributed by atoms with Crippen LogP contribution in [0.1, 0.15) is 23.5 Å². The van der Waals surface area contributed by atoms with E-state index in [1.54, 1.807) is 0 Å². The Morgan fingerprint density at radius 2 is 1.25 bits per heavy atom. The van der Waals surface area contributed by atoms with Crippen molar-refractivity contribution in [1.82, 2.24) is 0 Å². The lowest BCUT2D eigenvalue weighted by atomic mass is 9.82. The molecule has 0 aliphatic carbocycles. The van der Waals surface area contributed by atoms with Crippen molar-refractivity contribution in [2.75, 3.05) is 0 Å². The van der Waals surface area contributed by atoms with Gasteiger partial charge < -0.3 is 0 Å². The first kappa shape index (κ1) is 14.7. The summed E-state index contributed by atoms with van der Waals surface area (Å²) in [7, 11) is 0. The van der Waals surface area contributed by atoms with E-state index in [1.807, 2.05) is 6.08 Å². The van der Waals surface area contributed by atoms with Crippen LogP contribution in [0.5, 0.6) is 0 Å². The summed E-state index contributed by atoms with van der Waals surface area (Å²) < 4.78 is 0. The average molecular weight is 308 g/mol. The standard InChI is InChI=1S/C24H20/c1-2-10-21(18-11-4-3-5-12-18)24-22-15-8-6-13-19(22)17-20-14-7-9-16-23(20)24/h2-9,11-17,21H,1,10H2. The molecule has 1 unspecified atom stereocenters. The van der Waals surface area contributed by atoms with Gasteiger partial charge in [-0.25, -0.2) is 0 Å². The van der Waals surface area contributed by atoms with Crippen LogP contribution in [0.4, 0.5) is 0 Å². The molecule has 116 valence electrons. The zero-order valence-corrected chi connectivity index (χ0v) is 13.7. The van der Waals surface area contributed by atoms with E-state index in [1.165, 1.54) is 32.7 Å². The summed E-state index contributed by atoms with van der Waals surface area (Å²) in [6.45, 7) is 4.01. The summed E-state index contributed by atoms with van der Waals surface area (Å²) in [5.74, 6) is 0.319. The lowest BCUT2D eigenvalue weighted by Crippen LogP contribution is -2.02. The zero-order valence-electron chi connectivity index (χ0n) is 13.7. The molecule has 0 bridgehead atoms. The molecule has 0 heteroatoms. The molecular weight excluding hydrogens is 288 g/mol. The minimum absolute atomic E-state index is 0.319. The molecule has 0 aliphatic rings. The van der Waals surface area contributed by atoms with E-state index >= 15 is 0 Å². The van der Waals surface area contributed by atoms with Gasteiger partial charge in [0, 0.05) is 5.92 Å². The van der Waals surface area contributed by atoms with Gasteiger partial charge >= 0.3 is 0 Å². The van der Waals surface area contributed by atoms with E-state index in [2.05, 4.69) is 91.5 Å². The first-order valence-electron chi connectivity index (χ1n) is 8.44. The summed E-state index contributed by atoms with van der Waals surface area (Å²) in [5, 5.41) is 5.28. The van der Waals surface area contributed by atoms with Crippen LogP contribution < -0.4 is 0 Å². The van der Waals surface area contributed by atoms with Crippen LogP contribution in [0.25, 0.3) is 21.5 Å². The molecule has 0 fully saturated rings. The fourth-order valence-electron chi connectivity index (χ4n) is 3.70. The normalized spacial score (nSPS) is 12.3. The van der Waals surface area contributed by atoms with Gasteiger partial charge in [-0.1, -0.05) is 84.9 Å². The summed E-state index contributed by atoms with van der Waals surface area (Å²) in [4.78, 5) is 0. The molecule has 0 saturated carbocycles. The Morgan fingerprint density at radius 1 is 0.708 bits per heavy atom. The van der Waals surface area contributed by atoms with E-state index < -0.39 is 0 Å². The first-order valence-corrected chi connectivity index (χ1v) is 8.44. The van der Waals surface area contributed by atoms with Gasteiger partial charge in [-0.15, -0.1) is 6.58 Å². The molecule has 0 heterocycles. The van der Waals surface area contributed by atoms with Gasteiger partial charge in [-0.05, 0) is 45.2 Å². The summed E-state index contributed by atoms with van der Waals surface area (Å²) in [6, 6.07) is 30.5. The third-order valence-electron chi connectivity index (χ3n) is 4.77. The fourth-order valence-corrected chi connectivity index (χ4v) is 3.70. The summed E-state index contributed by atoms with van der Waals surface area (Å²) in [5.41, 5.74) is 2.76. The van der Waals surface area contributed by atoms with E-state index in [-0.39, 0.29) is 0 Å². The van der Waals surface area contributed by atoms with Crippen LogP contribution in [0.15, 0.2) is 97.6 Å². The second-order valence-electron chi connectivity index (χ2n) is 6.22. The highest BCUT2D eigenvalue weighted by molar-refractivity contribution is 6.03. The second kappa shape index (κ2) is 6.33. The predicted octanol–water partition coefficient (Wildman–Crippen LogP) is 6.70. The highest BCUT2D eigenvalue weighted by Gasteiger charge is 2.18. The lowest BCUT2D eigenvalue weighted by molar-refractivity contribution is 0.846. The maximum Gasteiger partial charge on any atom is 0.0136 e. The van der Waals surface area contributed by atoms with Crippen molar-refractivity contribution in [1.29, 1.82) is 0 Å². The summed E-state index contributed by atoms with van der Waals surface area (Å²) >= 11 is 0. The van der Waals surface area contributed by atoms with Crippen molar-refractivity contribution in [3.8, 4) is 0 Å². The van der Waals surface area contributed by atoms with Crippen LogP contribution in [-0.2, 0) is 0 Å². The Hall–Kier alpha value is -2.86. The van der Waals surface area contributed by atoms with Crippen LogP contribution in [0, 0.1) is 0 Å². The van der Waals surface area contributed by atoms with E-state index in [9.17, 15) is 0 Å². The molecule has 0 spiro atoms. The molecule has 0 saturated heterocycles. The van der Waals surface area contributed by atoms with Crippen molar-refractivity contribution in [3.63, 3.8) is 0 Å². The molecule has 24 heavy (non-hydrogen) atoms. The predicted molar refractivity (Wildman–Crippen MR) is 105 cm³/mol. The van der Waals surface area contributed by atoms with Crippen molar-refractivity contribution in [2.45, 2.75) is 12.3 Å². The molecule has 0 aliphatic heterocycles. The highest BCUT2D eigenvalue weighted by Crippen LogP contribution is 2.38. The molecule has 1 atom stereocenters. The molecular formula is C24H20. The van der Waals surface area contributed by atoms with E-state index in [0.29, 0.717) is 5.92 Å². The van der Waals surface area contributed by atoms with Gasteiger partial charge in [0.2, 0.25) is 0 Å². The number of hydrogen-bond acceptors (Lipinski definition) is 0. The zero-order chi connectivity index (χ0) is 16.4. The fraction of sp³-hybridized carbons (Fsp3) is 0.0833. The highest BCUT2D eigenvalue weighted by atomic mass is 14.2. The van der Waals surface area contributed by atoms with Crippen molar-refractivity contribution in [2.24, 2.45) is 0 Å². The van der Waals surface area contributed by atoms with Crippen molar-refractivity contribution >= 4 is 21.5 Å². The Bertz CT molecular complexity index is 942. The van der Waals surface area contributed by atoms with Gasteiger partial charge in [0.25, 0.3) is 0 Å². The topological polar surface area (TPSA) is 0 Å². The average Bonchev–Trinajstić information content (AvgIpc) is 2.65. The Kier molecular flexibility index (Phi) is 3.88. The Balaban J connectivity index is 2.09. The van der Waals surface area contributed by atoms with Crippen molar-refractivity contribution in [3.05, 3.63) is 109 Å². The SMILES string of the molecule is C=CCC(c1ccccc1)c1c2ccccc2cc2ccccc12. The monoisotopic (exact) mass is 308 g/mol. The van der Waals surface area contributed by atoms with Crippen LogP contribution >= 0.6 is 0 Å². The number of allylic oxidation sites excluding steroid dienone is 1. The molecule has 4 aromatic rings. The first-order chi connectivity index (χ1) is 11.9. The molecule has 4 rings (SSSR count). The van der Waals surface area contributed by atoms with Crippen LogP contribution in [-0.4, -0.2) is 0 Å². The minimum atomic E-state index is 0.319. The molecule has 0 nitrogen and oxygen atoms in total. The van der Waals surface area contributed by atoms with Gasteiger partial charge in [-0.2, -0.15) is 0 Å². The molecule has 0 radical (unpaired) electrons. The Morgan fingerprint density at radius 3 is 1.83 bits per heavy atom. The minimum Gasteiger partial charge on any atom is -0.103 e. The number of rotatable bonds is 4. The number of fused-ring (bicyclic) bond motifs is 2. The Labute approximate surface area is 143 Å². The van der Waals surface area contributed by atoms with Crippen LogP contribution in [0.2, 0.25) is 0 Å². The van der Waals surface area contributed by atoms with E-state index in [4.69, 9.17) is 0 Å². The number of benzene rings is 4. The van der Waals surface area contributed by atoms with Gasteiger partial charge in [0.15, 0.2) is 0 Å². The molecule has 0 amide bonds. The maximum atomic E-state index is 4.01. The second-order valence-corrected chi connectivity index (χ2v) is 6.22. The van der Waals surface area contributed by atoms with Crippen LogP contribution in [0.3, 0.4) is 0 Å². The smallest absolute Gasteiger partial charge is 0.0136 e. The van der Waals surface area contributed by atoms with Crippen molar-refractivity contribution < 1.29 is 0 Å². The third kappa shape index (κ3) is 2.51.